The zero-order chi connectivity index (χ0) is 25.5. The molecule has 0 unspecified atom stereocenters. The third kappa shape index (κ3) is 4.21. The lowest BCUT2D eigenvalue weighted by molar-refractivity contribution is 0.00520. The summed E-state index contributed by atoms with van der Waals surface area (Å²) in [6.07, 6.45) is 11.9. The number of fused-ring (bicyclic) bond motifs is 2. The number of hydrogen-bond donors (Lipinski definition) is 1. The van der Waals surface area contributed by atoms with Crippen molar-refractivity contribution < 1.29 is 4.74 Å². The van der Waals surface area contributed by atoms with Crippen LogP contribution >= 0.6 is 0 Å². The van der Waals surface area contributed by atoms with Crippen molar-refractivity contribution in [3.8, 4) is 11.3 Å². The molecule has 1 saturated heterocycles. The Morgan fingerprint density at radius 2 is 1.82 bits per heavy atom. The van der Waals surface area contributed by atoms with E-state index in [1.165, 1.54) is 23.9 Å². The Hall–Kier alpha value is -3.82. The molecule has 7 rings (SSSR count). The Balaban J connectivity index is 1.20. The molecule has 5 heterocycles. The minimum Gasteiger partial charge on any atom is -0.383 e. The monoisotopic (exact) mass is 508 g/mol. The normalized spacial score (nSPS) is 20.8. The molecule has 1 aliphatic carbocycles. The van der Waals surface area contributed by atoms with E-state index in [1.807, 2.05) is 12.3 Å². The predicted octanol–water partition coefficient (Wildman–Crippen LogP) is 4.29. The number of morpholine rings is 1. The second-order valence-corrected chi connectivity index (χ2v) is 10.4. The van der Waals surface area contributed by atoms with Gasteiger partial charge in [-0.1, -0.05) is 12.1 Å². The molecule has 1 saturated carbocycles. The van der Waals surface area contributed by atoms with Gasteiger partial charge in [0.1, 0.15) is 17.8 Å². The van der Waals surface area contributed by atoms with Crippen molar-refractivity contribution in [2.75, 3.05) is 32.0 Å². The zero-order valence-electron chi connectivity index (χ0n) is 21.4. The lowest BCUT2D eigenvalue weighted by atomic mass is 9.90. The van der Waals surface area contributed by atoms with Crippen LogP contribution in [-0.2, 0) is 11.3 Å². The molecule has 0 spiro atoms. The number of ether oxygens (including phenoxy) is 1. The van der Waals surface area contributed by atoms with Crippen molar-refractivity contribution in [1.29, 1.82) is 0 Å². The molecule has 1 aliphatic heterocycles. The van der Waals surface area contributed by atoms with E-state index in [-0.39, 0.29) is 0 Å². The van der Waals surface area contributed by atoms with Gasteiger partial charge in [0.25, 0.3) is 0 Å². The number of hydrogen-bond acceptors (Lipinski definition) is 7. The molecule has 0 atom stereocenters. The Bertz CT molecular complexity index is 1560. The first-order valence-electron chi connectivity index (χ1n) is 13.5. The molecule has 0 amide bonds. The van der Waals surface area contributed by atoms with Crippen LogP contribution in [0.15, 0.2) is 61.3 Å². The molecule has 194 valence electrons. The van der Waals surface area contributed by atoms with Gasteiger partial charge in [0.15, 0.2) is 5.65 Å². The minimum absolute atomic E-state index is 0.308. The maximum absolute atomic E-state index is 6.43. The molecule has 2 fully saturated rings. The Morgan fingerprint density at radius 1 is 0.974 bits per heavy atom. The van der Waals surface area contributed by atoms with Gasteiger partial charge in [-0.2, -0.15) is 5.10 Å². The number of nitrogens with two attached hydrogens (primary N) is 1. The van der Waals surface area contributed by atoms with Crippen molar-refractivity contribution >= 4 is 27.8 Å². The highest BCUT2D eigenvalue weighted by atomic mass is 16.5. The van der Waals surface area contributed by atoms with Crippen LogP contribution < -0.4 is 5.73 Å². The molecule has 5 aromatic rings. The van der Waals surface area contributed by atoms with Gasteiger partial charge in [0, 0.05) is 60.7 Å². The van der Waals surface area contributed by atoms with E-state index in [4.69, 9.17) is 15.6 Å². The topological polar surface area (TPSA) is 99.9 Å². The molecular formula is C29H32N8O. The minimum atomic E-state index is 0.308. The van der Waals surface area contributed by atoms with Gasteiger partial charge >= 0.3 is 0 Å². The highest BCUT2D eigenvalue weighted by Gasteiger charge is 2.30. The van der Waals surface area contributed by atoms with Crippen molar-refractivity contribution in [2.24, 2.45) is 0 Å². The van der Waals surface area contributed by atoms with Gasteiger partial charge in [-0.15, -0.1) is 0 Å². The first-order valence-corrected chi connectivity index (χ1v) is 13.5. The van der Waals surface area contributed by atoms with Crippen molar-refractivity contribution in [3.05, 3.63) is 66.9 Å². The number of aromatic nitrogens is 6. The van der Waals surface area contributed by atoms with Crippen LogP contribution in [0.1, 0.15) is 37.3 Å². The standard InChI is InChI=1S/C29H32N8O/c30-28-26-27(22-3-8-25-21(16-22)9-11-36(25)18-20-2-1-10-31-17-20)34-37(29(26)33-19-32-28)24-6-4-23(5-7-24)35-12-14-38-15-13-35/h1-3,8-11,16-17,19,23-24H,4-7,12-15,18H2,(H2,30,32,33)/t23-,24-. The molecule has 38 heavy (non-hydrogen) atoms. The average molecular weight is 509 g/mol. The summed E-state index contributed by atoms with van der Waals surface area (Å²) < 4.78 is 9.92. The maximum Gasteiger partial charge on any atom is 0.164 e. The second kappa shape index (κ2) is 9.81. The molecule has 2 aliphatic rings. The summed E-state index contributed by atoms with van der Waals surface area (Å²) in [7, 11) is 0. The fourth-order valence-corrected chi connectivity index (χ4v) is 6.24. The summed E-state index contributed by atoms with van der Waals surface area (Å²) >= 11 is 0. The lowest BCUT2D eigenvalue weighted by Gasteiger charge is -2.38. The molecule has 4 aromatic heterocycles. The Morgan fingerprint density at radius 3 is 2.63 bits per heavy atom. The fraction of sp³-hybridized carbons (Fsp3) is 0.379. The number of rotatable bonds is 5. The van der Waals surface area contributed by atoms with Crippen LogP contribution in [0.3, 0.4) is 0 Å². The molecule has 1 aromatic carbocycles. The number of benzene rings is 1. The number of nitrogen functional groups attached to an aromatic ring is 1. The van der Waals surface area contributed by atoms with E-state index in [9.17, 15) is 0 Å². The first kappa shape index (κ1) is 23.3. The van der Waals surface area contributed by atoms with E-state index >= 15 is 0 Å². The van der Waals surface area contributed by atoms with Crippen LogP contribution in [0, 0.1) is 0 Å². The molecule has 9 nitrogen and oxygen atoms in total. The van der Waals surface area contributed by atoms with Crippen LogP contribution in [0.25, 0.3) is 33.2 Å². The number of pyridine rings is 1. The Labute approximate surface area is 221 Å². The number of anilines is 1. The largest absolute Gasteiger partial charge is 0.383 e. The van der Waals surface area contributed by atoms with Gasteiger partial charge in [0.2, 0.25) is 0 Å². The van der Waals surface area contributed by atoms with Gasteiger partial charge in [-0.3, -0.25) is 9.88 Å². The van der Waals surface area contributed by atoms with Gasteiger partial charge in [-0.25, -0.2) is 14.6 Å². The van der Waals surface area contributed by atoms with Crippen LogP contribution in [0.4, 0.5) is 5.82 Å². The van der Waals surface area contributed by atoms with E-state index in [1.54, 1.807) is 12.5 Å². The first-order chi connectivity index (χ1) is 18.7. The third-order valence-electron chi connectivity index (χ3n) is 8.21. The zero-order valence-corrected chi connectivity index (χ0v) is 21.4. The van der Waals surface area contributed by atoms with Gasteiger partial charge in [0.05, 0.1) is 24.6 Å². The van der Waals surface area contributed by atoms with Crippen molar-refractivity contribution in [1.82, 2.24) is 34.2 Å². The third-order valence-corrected chi connectivity index (χ3v) is 8.21. The van der Waals surface area contributed by atoms with Gasteiger partial charge in [-0.05, 0) is 55.5 Å². The predicted molar refractivity (Wildman–Crippen MR) is 148 cm³/mol. The van der Waals surface area contributed by atoms with Crippen molar-refractivity contribution in [3.63, 3.8) is 0 Å². The number of nitrogens with zero attached hydrogens (tertiary/aromatic N) is 7. The average Bonchev–Trinajstić information content (AvgIpc) is 3.56. The van der Waals surface area contributed by atoms with E-state index in [2.05, 4.69) is 65.6 Å². The van der Waals surface area contributed by atoms with E-state index in [0.29, 0.717) is 17.9 Å². The van der Waals surface area contributed by atoms with E-state index in [0.717, 1.165) is 73.4 Å². The highest BCUT2D eigenvalue weighted by Crippen LogP contribution is 2.37. The Kier molecular flexibility index (Phi) is 6.02. The lowest BCUT2D eigenvalue weighted by Crippen LogP contribution is -2.45. The molecule has 2 N–H and O–H groups in total. The molecule has 9 heteroatoms. The van der Waals surface area contributed by atoms with Crippen LogP contribution in [0.2, 0.25) is 0 Å². The summed E-state index contributed by atoms with van der Waals surface area (Å²) in [5.41, 5.74) is 11.5. The maximum atomic E-state index is 6.43. The fourth-order valence-electron chi connectivity index (χ4n) is 6.24. The summed E-state index contributed by atoms with van der Waals surface area (Å²) in [4.78, 5) is 15.8. The second-order valence-electron chi connectivity index (χ2n) is 10.4. The molecular weight excluding hydrogens is 476 g/mol. The highest BCUT2D eigenvalue weighted by molar-refractivity contribution is 6.00. The van der Waals surface area contributed by atoms with E-state index < -0.39 is 0 Å². The van der Waals surface area contributed by atoms with Crippen LogP contribution in [0.5, 0.6) is 0 Å². The van der Waals surface area contributed by atoms with Crippen molar-refractivity contribution in [2.45, 2.75) is 44.3 Å². The molecule has 0 bridgehead atoms. The summed E-state index contributed by atoms with van der Waals surface area (Å²) in [5, 5.41) is 7.16. The molecule has 0 radical (unpaired) electrons. The SMILES string of the molecule is Nc1ncnc2c1c(-c1ccc3c(ccn3Cc3cccnc3)c1)nn2[C@H]1CC[C@H](N2CCOCC2)CC1. The van der Waals surface area contributed by atoms with Gasteiger partial charge < -0.3 is 15.0 Å². The summed E-state index contributed by atoms with van der Waals surface area (Å²) in [6.45, 7) is 4.56. The summed E-state index contributed by atoms with van der Waals surface area (Å²) in [5.74, 6) is 0.479. The van der Waals surface area contributed by atoms with Crippen LogP contribution in [-0.4, -0.2) is 66.5 Å². The quantitative estimate of drug-likeness (QED) is 0.378. The smallest absolute Gasteiger partial charge is 0.164 e. The summed E-state index contributed by atoms with van der Waals surface area (Å²) in [6, 6.07) is 13.7.